The van der Waals surface area contributed by atoms with Gasteiger partial charge in [-0.25, -0.2) is 0 Å². The summed E-state index contributed by atoms with van der Waals surface area (Å²) in [5.41, 5.74) is -0.823. The molecule has 1 aliphatic heterocycles. The molecule has 0 aromatic heterocycles. The number of fused-ring (bicyclic) bond motifs is 1. The van der Waals surface area contributed by atoms with Crippen LogP contribution < -0.4 is 4.74 Å². The van der Waals surface area contributed by atoms with Gasteiger partial charge in [-0.15, -0.1) is 0 Å². The summed E-state index contributed by atoms with van der Waals surface area (Å²) >= 11 is 0. The zero-order valence-electron chi connectivity index (χ0n) is 11.3. The van der Waals surface area contributed by atoms with Crippen molar-refractivity contribution in [1.82, 2.24) is 0 Å². The average Bonchev–Trinajstić information content (AvgIpc) is 2.78. The topological polar surface area (TPSA) is 145 Å². The van der Waals surface area contributed by atoms with E-state index in [0.29, 0.717) is 0 Å². The summed E-state index contributed by atoms with van der Waals surface area (Å²) in [6.45, 7) is 0. The number of Topliss-reactive ketones (excluding diaryl/α,β-unsaturated/α-hetero) is 2. The molecule has 118 valence electrons. The summed E-state index contributed by atoms with van der Waals surface area (Å²) in [5.74, 6) is -8.21. The fourth-order valence-corrected chi connectivity index (χ4v) is 2.25. The standard InChI is InChI=1S/C15H10O8/c16-7-2-1-6(5-9(7)18)13(20)15(22)14(21)11-10(23-15)4-3-8(17)12(11)19/h1-5,16-19,22H. The second kappa shape index (κ2) is 4.62. The van der Waals surface area contributed by atoms with E-state index < -0.39 is 45.9 Å². The lowest BCUT2D eigenvalue weighted by atomic mass is 9.96. The Balaban J connectivity index is 2.07. The molecular weight excluding hydrogens is 308 g/mol. The normalized spacial score (nSPS) is 19.3. The van der Waals surface area contributed by atoms with Gasteiger partial charge in [-0.2, -0.15) is 0 Å². The Labute approximate surface area is 128 Å². The molecule has 0 amide bonds. The van der Waals surface area contributed by atoms with Gasteiger partial charge in [0, 0.05) is 5.56 Å². The van der Waals surface area contributed by atoms with Crippen LogP contribution in [0, 0.1) is 0 Å². The molecule has 0 aliphatic carbocycles. The largest absolute Gasteiger partial charge is 0.504 e. The van der Waals surface area contributed by atoms with Gasteiger partial charge in [-0.3, -0.25) is 9.59 Å². The maximum atomic E-state index is 12.4. The summed E-state index contributed by atoms with van der Waals surface area (Å²) in [7, 11) is 0. The van der Waals surface area contributed by atoms with Crippen LogP contribution in [-0.4, -0.2) is 42.9 Å². The zero-order chi connectivity index (χ0) is 16.9. The van der Waals surface area contributed by atoms with Gasteiger partial charge in [-0.1, -0.05) is 0 Å². The molecule has 8 nitrogen and oxygen atoms in total. The Morgan fingerprint density at radius 2 is 1.61 bits per heavy atom. The van der Waals surface area contributed by atoms with Gasteiger partial charge in [0.25, 0.3) is 0 Å². The lowest BCUT2D eigenvalue weighted by molar-refractivity contribution is -0.0618. The first-order chi connectivity index (χ1) is 10.8. The highest BCUT2D eigenvalue weighted by atomic mass is 16.6. The van der Waals surface area contributed by atoms with Crippen LogP contribution in [0.1, 0.15) is 20.7 Å². The molecule has 8 heteroatoms. The predicted molar refractivity (Wildman–Crippen MR) is 73.8 cm³/mol. The molecule has 1 unspecified atom stereocenters. The molecule has 0 saturated carbocycles. The number of carbonyl (C=O) groups excluding carboxylic acids is 2. The van der Waals surface area contributed by atoms with E-state index in [4.69, 9.17) is 4.74 Å². The van der Waals surface area contributed by atoms with Gasteiger partial charge in [0.2, 0.25) is 11.6 Å². The Hall–Kier alpha value is -3.26. The van der Waals surface area contributed by atoms with Crippen molar-refractivity contribution in [1.29, 1.82) is 0 Å². The lowest BCUT2D eigenvalue weighted by Crippen LogP contribution is -2.48. The van der Waals surface area contributed by atoms with Crippen molar-refractivity contribution in [3.63, 3.8) is 0 Å². The number of phenols is 4. The lowest BCUT2D eigenvalue weighted by Gasteiger charge is -2.19. The Morgan fingerprint density at radius 3 is 2.26 bits per heavy atom. The molecular formula is C15H10O8. The molecule has 0 radical (unpaired) electrons. The van der Waals surface area contributed by atoms with Crippen molar-refractivity contribution >= 4 is 11.6 Å². The first-order valence-corrected chi connectivity index (χ1v) is 6.33. The zero-order valence-corrected chi connectivity index (χ0v) is 11.3. The highest BCUT2D eigenvalue weighted by Gasteiger charge is 2.55. The quantitative estimate of drug-likeness (QED) is 0.308. The van der Waals surface area contributed by atoms with Gasteiger partial charge in [-0.05, 0) is 30.3 Å². The third kappa shape index (κ3) is 1.96. The summed E-state index contributed by atoms with van der Waals surface area (Å²) in [6.07, 6.45) is 0. The molecule has 0 spiro atoms. The van der Waals surface area contributed by atoms with E-state index in [-0.39, 0.29) is 11.3 Å². The molecule has 1 aliphatic rings. The number of hydrogen-bond acceptors (Lipinski definition) is 8. The minimum absolute atomic E-state index is 0.274. The van der Waals surface area contributed by atoms with Gasteiger partial charge >= 0.3 is 5.79 Å². The minimum atomic E-state index is -2.95. The van der Waals surface area contributed by atoms with Crippen molar-refractivity contribution in [2.24, 2.45) is 0 Å². The fraction of sp³-hybridized carbons (Fsp3) is 0.0667. The van der Waals surface area contributed by atoms with Crippen molar-refractivity contribution < 1.29 is 39.9 Å². The maximum absolute atomic E-state index is 12.4. The molecule has 23 heavy (non-hydrogen) atoms. The van der Waals surface area contributed by atoms with Crippen molar-refractivity contribution in [2.75, 3.05) is 0 Å². The van der Waals surface area contributed by atoms with Crippen LogP contribution in [0.2, 0.25) is 0 Å². The van der Waals surface area contributed by atoms with Gasteiger partial charge in [0.05, 0.1) is 0 Å². The van der Waals surface area contributed by atoms with E-state index >= 15 is 0 Å². The Bertz CT molecular complexity index is 857. The number of aliphatic hydroxyl groups is 1. The summed E-state index contributed by atoms with van der Waals surface area (Å²) < 4.78 is 4.97. The molecule has 0 bridgehead atoms. The molecule has 2 aromatic carbocycles. The molecule has 0 fully saturated rings. The number of benzene rings is 2. The molecule has 3 rings (SSSR count). The van der Waals surface area contributed by atoms with Crippen LogP contribution in [0.5, 0.6) is 28.7 Å². The fourth-order valence-electron chi connectivity index (χ4n) is 2.25. The first-order valence-electron chi connectivity index (χ1n) is 6.33. The van der Waals surface area contributed by atoms with E-state index in [1.54, 1.807) is 0 Å². The highest BCUT2D eigenvalue weighted by molar-refractivity contribution is 6.25. The number of aromatic hydroxyl groups is 4. The first kappa shape index (κ1) is 14.7. The van der Waals surface area contributed by atoms with Gasteiger partial charge in [0.1, 0.15) is 11.3 Å². The van der Waals surface area contributed by atoms with Crippen LogP contribution >= 0.6 is 0 Å². The number of ketones is 2. The molecule has 5 N–H and O–H groups in total. The van der Waals surface area contributed by atoms with Crippen LogP contribution in [-0.2, 0) is 0 Å². The second-order valence-corrected chi connectivity index (χ2v) is 4.91. The molecule has 2 aromatic rings. The minimum Gasteiger partial charge on any atom is -0.504 e. The molecule has 1 atom stereocenters. The predicted octanol–water partition coefficient (Wildman–Crippen LogP) is 0.656. The van der Waals surface area contributed by atoms with Crippen molar-refractivity contribution in [3.8, 4) is 28.7 Å². The number of rotatable bonds is 2. The summed E-state index contributed by atoms with van der Waals surface area (Å²) in [5, 5.41) is 48.1. The molecule has 1 heterocycles. The average molecular weight is 318 g/mol. The van der Waals surface area contributed by atoms with Crippen LogP contribution in [0.3, 0.4) is 0 Å². The number of carbonyl (C=O) groups is 2. The van der Waals surface area contributed by atoms with Gasteiger partial charge < -0.3 is 30.3 Å². The van der Waals surface area contributed by atoms with Crippen LogP contribution in [0.25, 0.3) is 0 Å². The van der Waals surface area contributed by atoms with Gasteiger partial charge in [0.15, 0.2) is 23.0 Å². The van der Waals surface area contributed by atoms with Crippen molar-refractivity contribution in [2.45, 2.75) is 5.79 Å². The van der Waals surface area contributed by atoms with Crippen LogP contribution in [0.4, 0.5) is 0 Å². The van der Waals surface area contributed by atoms with E-state index in [1.165, 1.54) is 0 Å². The van der Waals surface area contributed by atoms with Crippen LogP contribution in [0.15, 0.2) is 30.3 Å². The monoisotopic (exact) mass is 318 g/mol. The highest BCUT2D eigenvalue weighted by Crippen LogP contribution is 2.44. The Kier molecular flexibility index (Phi) is 2.94. The summed E-state index contributed by atoms with van der Waals surface area (Å²) in [4.78, 5) is 24.7. The second-order valence-electron chi connectivity index (χ2n) is 4.91. The van der Waals surface area contributed by atoms with Crippen molar-refractivity contribution in [3.05, 3.63) is 41.5 Å². The Morgan fingerprint density at radius 1 is 0.957 bits per heavy atom. The molecule has 0 saturated heterocycles. The number of hydrogen-bond donors (Lipinski definition) is 5. The number of ether oxygens (including phenoxy) is 1. The maximum Gasteiger partial charge on any atom is 0.339 e. The summed E-state index contributed by atoms with van der Waals surface area (Å²) in [6, 6.07) is 5.08. The SMILES string of the molecule is O=C(c1ccc(O)c(O)c1)C1(O)Oc2ccc(O)c(O)c2C1=O. The van der Waals surface area contributed by atoms with E-state index in [2.05, 4.69) is 0 Å². The van der Waals surface area contributed by atoms with E-state index in [1.807, 2.05) is 0 Å². The smallest absolute Gasteiger partial charge is 0.339 e. The third-order valence-corrected chi connectivity index (χ3v) is 3.46. The third-order valence-electron chi connectivity index (χ3n) is 3.46. The van der Waals surface area contributed by atoms with E-state index in [9.17, 15) is 35.1 Å². The van der Waals surface area contributed by atoms with E-state index in [0.717, 1.165) is 30.3 Å². The number of phenolic OH excluding ortho intramolecular Hbond substituents is 4.